The lowest BCUT2D eigenvalue weighted by Gasteiger charge is -2.35. The lowest BCUT2D eigenvalue weighted by atomic mass is 9.96. The van der Waals surface area contributed by atoms with Gasteiger partial charge in [-0.2, -0.15) is 0 Å². The first-order chi connectivity index (χ1) is 15.2. The van der Waals surface area contributed by atoms with E-state index in [9.17, 15) is 4.79 Å². The summed E-state index contributed by atoms with van der Waals surface area (Å²) in [5.41, 5.74) is 0. The van der Waals surface area contributed by atoms with Crippen LogP contribution in [-0.4, -0.2) is 22.6 Å². The topological polar surface area (TPSA) is 26.3 Å². The summed E-state index contributed by atoms with van der Waals surface area (Å²) in [6.07, 6.45) is 4.13. The van der Waals surface area contributed by atoms with Gasteiger partial charge in [-0.25, -0.2) is 4.79 Å². The van der Waals surface area contributed by atoms with Gasteiger partial charge in [-0.15, -0.1) is 46.2 Å². The van der Waals surface area contributed by atoms with E-state index in [-0.39, 0.29) is 17.3 Å². The summed E-state index contributed by atoms with van der Waals surface area (Å²) >= 11 is 7.45. The number of thiophene rings is 2. The Morgan fingerprint density at radius 1 is 0.935 bits per heavy atom. The minimum Gasteiger partial charge on any atom is -0.458 e. The van der Waals surface area contributed by atoms with E-state index in [1.165, 1.54) is 36.0 Å². The number of ether oxygens (including phenoxy) is 1. The van der Waals surface area contributed by atoms with Crippen LogP contribution in [-0.2, 0) is 9.53 Å². The molecule has 1 saturated carbocycles. The van der Waals surface area contributed by atoms with E-state index in [1.807, 2.05) is 34.9 Å². The molecule has 2 nitrogen and oxygen atoms in total. The summed E-state index contributed by atoms with van der Waals surface area (Å²) in [5, 5.41) is 7.64. The highest BCUT2D eigenvalue weighted by Gasteiger charge is 2.34. The van der Waals surface area contributed by atoms with Gasteiger partial charge in [-0.1, -0.05) is 30.8 Å². The number of rotatable bonds is 6. The SMILES string of the molecule is C=CC(=O)OC1CCC(Sc2cccc3ccsc23)CC1Sc1cccc2ccsc12. The fourth-order valence-electron chi connectivity index (χ4n) is 4.09. The van der Waals surface area contributed by atoms with Crippen molar-refractivity contribution in [3.8, 4) is 0 Å². The zero-order valence-electron chi connectivity index (χ0n) is 16.9. The van der Waals surface area contributed by atoms with Crippen molar-refractivity contribution < 1.29 is 9.53 Å². The first kappa shape index (κ1) is 21.1. The Morgan fingerprint density at radius 3 is 2.23 bits per heavy atom. The highest BCUT2D eigenvalue weighted by Crippen LogP contribution is 2.45. The van der Waals surface area contributed by atoms with Crippen molar-refractivity contribution in [2.75, 3.05) is 0 Å². The molecule has 1 aliphatic carbocycles. The van der Waals surface area contributed by atoms with Crippen LogP contribution in [0.15, 0.2) is 81.7 Å². The molecule has 0 aliphatic heterocycles. The van der Waals surface area contributed by atoms with Crippen LogP contribution in [0.2, 0.25) is 0 Å². The minimum absolute atomic E-state index is 0.0832. The van der Waals surface area contributed by atoms with Crippen LogP contribution in [0.25, 0.3) is 20.2 Å². The van der Waals surface area contributed by atoms with Gasteiger partial charge in [0.05, 0.1) is 0 Å². The van der Waals surface area contributed by atoms with Gasteiger partial charge in [0.25, 0.3) is 0 Å². The molecule has 0 spiro atoms. The largest absolute Gasteiger partial charge is 0.458 e. The molecule has 158 valence electrons. The molecule has 2 aromatic heterocycles. The van der Waals surface area contributed by atoms with Crippen molar-refractivity contribution in [3.63, 3.8) is 0 Å². The van der Waals surface area contributed by atoms with Gasteiger partial charge in [0.15, 0.2) is 0 Å². The zero-order chi connectivity index (χ0) is 21.2. The Labute approximate surface area is 198 Å². The molecule has 2 aromatic carbocycles. The van der Waals surface area contributed by atoms with Crippen LogP contribution in [0.1, 0.15) is 19.3 Å². The standard InChI is InChI=1S/C25H22O2S4/c1-2-23(26)27-19-10-9-18(30-20-7-3-5-16-11-13-28-24(16)20)15-22(19)31-21-8-4-6-17-12-14-29-25(17)21/h2-8,11-14,18-19,22H,1,9-10,15H2. The van der Waals surface area contributed by atoms with E-state index in [4.69, 9.17) is 4.74 Å². The van der Waals surface area contributed by atoms with E-state index in [0.29, 0.717) is 5.25 Å². The zero-order valence-corrected chi connectivity index (χ0v) is 20.1. The smallest absolute Gasteiger partial charge is 0.330 e. The van der Waals surface area contributed by atoms with Gasteiger partial charge in [-0.05, 0) is 65.1 Å². The molecule has 6 heteroatoms. The van der Waals surface area contributed by atoms with Gasteiger partial charge in [0, 0.05) is 35.8 Å². The lowest BCUT2D eigenvalue weighted by Crippen LogP contribution is -2.36. The Hall–Kier alpha value is -1.73. The summed E-state index contributed by atoms with van der Waals surface area (Å²) in [6.45, 7) is 3.58. The predicted molar refractivity (Wildman–Crippen MR) is 137 cm³/mol. The van der Waals surface area contributed by atoms with Crippen LogP contribution in [0, 0.1) is 0 Å². The maximum absolute atomic E-state index is 12.0. The molecule has 3 atom stereocenters. The molecule has 3 unspecified atom stereocenters. The second-order valence-electron chi connectivity index (χ2n) is 7.58. The molecule has 1 fully saturated rings. The monoisotopic (exact) mass is 482 g/mol. The van der Waals surface area contributed by atoms with Gasteiger partial charge < -0.3 is 4.74 Å². The molecule has 2 heterocycles. The van der Waals surface area contributed by atoms with E-state index < -0.39 is 0 Å². The number of thioether (sulfide) groups is 2. The second kappa shape index (κ2) is 9.41. The lowest BCUT2D eigenvalue weighted by molar-refractivity contribution is -0.143. The number of carbonyl (C=O) groups excluding carboxylic acids is 1. The van der Waals surface area contributed by atoms with Gasteiger partial charge >= 0.3 is 5.97 Å². The Balaban J connectivity index is 1.39. The number of benzene rings is 2. The molecule has 0 amide bonds. The van der Waals surface area contributed by atoms with Crippen molar-refractivity contribution in [1.82, 2.24) is 0 Å². The van der Waals surface area contributed by atoms with Gasteiger partial charge in [0.1, 0.15) is 6.10 Å². The Morgan fingerprint density at radius 2 is 1.58 bits per heavy atom. The second-order valence-corrected chi connectivity index (χ2v) is 12.0. The summed E-state index contributed by atoms with van der Waals surface area (Å²) in [5.74, 6) is -0.320. The highest BCUT2D eigenvalue weighted by atomic mass is 32.2. The predicted octanol–water partition coefficient (Wildman–Crippen LogP) is 8.02. The third kappa shape index (κ3) is 4.58. The fourth-order valence-corrected chi connectivity index (χ4v) is 9.08. The maximum Gasteiger partial charge on any atom is 0.330 e. The third-order valence-electron chi connectivity index (χ3n) is 5.57. The summed E-state index contributed by atoms with van der Waals surface area (Å²) < 4.78 is 8.49. The van der Waals surface area contributed by atoms with Crippen LogP contribution < -0.4 is 0 Å². The van der Waals surface area contributed by atoms with Gasteiger partial charge in [0.2, 0.25) is 0 Å². The quantitative estimate of drug-likeness (QED) is 0.205. The molecular weight excluding hydrogens is 461 g/mol. The number of fused-ring (bicyclic) bond motifs is 2. The normalized spacial score (nSPS) is 21.4. The van der Waals surface area contributed by atoms with Crippen LogP contribution >= 0.6 is 46.2 Å². The van der Waals surface area contributed by atoms with E-state index >= 15 is 0 Å². The molecule has 0 radical (unpaired) electrons. The average Bonchev–Trinajstić information content (AvgIpc) is 3.46. The number of carbonyl (C=O) groups is 1. The van der Waals surface area contributed by atoms with Crippen LogP contribution in [0.3, 0.4) is 0 Å². The number of esters is 1. The summed E-state index contributed by atoms with van der Waals surface area (Å²) in [7, 11) is 0. The molecule has 0 bridgehead atoms. The van der Waals surface area contributed by atoms with Gasteiger partial charge in [-0.3, -0.25) is 0 Å². The fraction of sp³-hybridized carbons (Fsp3) is 0.240. The van der Waals surface area contributed by atoms with Crippen molar-refractivity contribution in [3.05, 3.63) is 71.9 Å². The Bertz CT molecular complexity index is 1220. The number of hydrogen-bond donors (Lipinski definition) is 0. The van der Waals surface area contributed by atoms with E-state index in [1.54, 1.807) is 11.3 Å². The molecule has 0 N–H and O–H groups in total. The first-order valence-electron chi connectivity index (χ1n) is 10.3. The highest BCUT2D eigenvalue weighted by molar-refractivity contribution is 8.01. The minimum atomic E-state index is -0.320. The van der Waals surface area contributed by atoms with Crippen molar-refractivity contribution in [2.24, 2.45) is 0 Å². The molecule has 5 rings (SSSR count). The first-order valence-corrected chi connectivity index (χ1v) is 13.8. The summed E-state index contributed by atoms with van der Waals surface area (Å²) in [6, 6.07) is 17.4. The average molecular weight is 483 g/mol. The molecule has 31 heavy (non-hydrogen) atoms. The van der Waals surface area contributed by atoms with E-state index in [2.05, 4.69) is 65.9 Å². The molecular formula is C25H22O2S4. The van der Waals surface area contributed by atoms with Crippen LogP contribution in [0.5, 0.6) is 0 Å². The molecule has 1 aliphatic rings. The molecule has 4 aromatic rings. The van der Waals surface area contributed by atoms with Crippen molar-refractivity contribution >= 4 is 72.3 Å². The van der Waals surface area contributed by atoms with Crippen molar-refractivity contribution in [1.29, 1.82) is 0 Å². The summed E-state index contributed by atoms with van der Waals surface area (Å²) in [4.78, 5) is 14.6. The third-order valence-corrected chi connectivity index (χ3v) is 10.5. The van der Waals surface area contributed by atoms with Crippen molar-refractivity contribution in [2.45, 2.75) is 45.7 Å². The maximum atomic E-state index is 12.0. The number of hydrogen-bond acceptors (Lipinski definition) is 6. The Kier molecular flexibility index (Phi) is 6.41. The van der Waals surface area contributed by atoms with Crippen LogP contribution in [0.4, 0.5) is 0 Å². The molecule has 0 saturated heterocycles. The van der Waals surface area contributed by atoms with E-state index in [0.717, 1.165) is 19.3 Å².